The molecule has 4 aromatic rings. The topological polar surface area (TPSA) is 119 Å². The number of H-pyrrole nitrogens is 1. The SMILES string of the molecule is CC(C)(C)C1CCc2c(sc3nc(-c4cc5cc([N+](=O)[O-])ccc5oc4=O)[nH]c(=O)c23)C1. The van der Waals surface area contributed by atoms with Gasteiger partial charge in [0.05, 0.1) is 10.3 Å². The molecule has 0 amide bonds. The molecular formula is C23H21N3O5S. The molecule has 0 spiro atoms. The molecule has 8 nitrogen and oxygen atoms in total. The number of thiophene rings is 1. The molecule has 5 rings (SSSR count). The van der Waals surface area contributed by atoms with Crippen LogP contribution in [0.2, 0.25) is 0 Å². The number of hydrogen-bond acceptors (Lipinski definition) is 7. The predicted octanol–water partition coefficient (Wildman–Crippen LogP) is 4.82. The molecule has 0 saturated carbocycles. The number of hydrogen-bond donors (Lipinski definition) is 1. The zero-order valence-corrected chi connectivity index (χ0v) is 18.7. The first-order valence-corrected chi connectivity index (χ1v) is 11.2. The summed E-state index contributed by atoms with van der Waals surface area (Å²) in [6, 6.07) is 5.46. The summed E-state index contributed by atoms with van der Waals surface area (Å²) in [7, 11) is 0. The number of non-ortho nitro benzene ring substituents is 1. The van der Waals surface area contributed by atoms with Gasteiger partial charge in [-0.25, -0.2) is 9.78 Å². The van der Waals surface area contributed by atoms with E-state index >= 15 is 0 Å². The van der Waals surface area contributed by atoms with Crippen molar-refractivity contribution in [3.05, 3.63) is 65.6 Å². The fourth-order valence-corrected chi connectivity index (χ4v) is 5.74. The van der Waals surface area contributed by atoms with Gasteiger partial charge >= 0.3 is 5.63 Å². The Bertz CT molecular complexity index is 1520. The van der Waals surface area contributed by atoms with Gasteiger partial charge in [-0.1, -0.05) is 20.8 Å². The van der Waals surface area contributed by atoms with Gasteiger partial charge in [-0.3, -0.25) is 14.9 Å². The molecule has 32 heavy (non-hydrogen) atoms. The second-order valence-electron chi connectivity index (χ2n) is 9.33. The molecule has 1 aliphatic rings. The van der Waals surface area contributed by atoms with Crippen molar-refractivity contribution in [1.29, 1.82) is 0 Å². The first-order chi connectivity index (χ1) is 15.1. The van der Waals surface area contributed by atoms with Crippen LogP contribution in [0.5, 0.6) is 0 Å². The molecule has 0 fully saturated rings. The second-order valence-corrected chi connectivity index (χ2v) is 10.4. The van der Waals surface area contributed by atoms with Crippen molar-refractivity contribution >= 4 is 38.2 Å². The van der Waals surface area contributed by atoms with Crippen molar-refractivity contribution in [3.8, 4) is 11.4 Å². The molecule has 0 bridgehead atoms. The van der Waals surface area contributed by atoms with Crippen LogP contribution in [-0.4, -0.2) is 14.9 Å². The molecule has 0 saturated heterocycles. The van der Waals surface area contributed by atoms with Crippen LogP contribution in [0.15, 0.2) is 38.3 Å². The molecule has 1 unspecified atom stereocenters. The third-order valence-electron chi connectivity index (χ3n) is 6.33. The highest BCUT2D eigenvalue weighted by Gasteiger charge is 2.31. The average Bonchev–Trinajstić information content (AvgIpc) is 3.10. The lowest BCUT2D eigenvalue weighted by atomic mass is 9.72. The van der Waals surface area contributed by atoms with Crippen LogP contribution in [0.4, 0.5) is 5.69 Å². The molecule has 164 valence electrons. The van der Waals surface area contributed by atoms with Crippen LogP contribution < -0.4 is 11.2 Å². The highest BCUT2D eigenvalue weighted by molar-refractivity contribution is 7.18. The molecule has 0 radical (unpaired) electrons. The molecule has 9 heteroatoms. The zero-order valence-electron chi connectivity index (χ0n) is 17.9. The van der Waals surface area contributed by atoms with Gasteiger partial charge in [-0.05, 0) is 48.3 Å². The first-order valence-electron chi connectivity index (χ1n) is 10.4. The van der Waals surface area contributed by atoms with E-state index in [0.717, 1.165) is 24.8 Å². The quantitative estimate of drug-likeness (QED) is 0.265. The highest BCUT2D eigenvalue weighted by Crippen LogP contribution is 2.42. The van der Waals surface area contributed by atoms with Crippen molar-refractivity contribution in [1.82, 2.24) is 9.97 Å². The summed E-state index contributed by atoms with van der Waals surface area (Å²) in [5.74, 6) is 0.639. The number of nitro benzene ring substituents is 1. The van der Waals surface area contributed by atoms with Crippen molar-refractivity contribution in [3.63, 3.8) is 0 Å². The monoisotopic (exact) mass is 451 g/mol. The van der Waals surface area contributed by atoms with E-state index in [0.29, 0.717) is 21.5 Å². The molecular weight excluding hydrogens is 430 g/mol. The highest BCUT2D eigenvalue weighted by atomic mass is 32.1. The largest absolute Gasteiger partial charge is 0.422 e. The second kappa shape index (κ2) is 7.09. The van der Waals surface area contributed by atoms with Gasteiger partial charge in [0.1, 0.15) is 21.8 Å². The molecule has 1 atom stereocenters. The lowest BCUT2D eigenvalue weighted by Crippen LogP contribution is -2.26. The number of nitro groups is 1. The Balaban J connectivity index is 1.65. The summed E-state index contributed by atoms with van der Waals surface area (Å²) in [4.78, 5) is 45.3. The van der Waals surface area contributed by atoms with Gasteiger partial charge in [0, 0.05) is 22.4 Å². The summed E-state index contributed by atoms with van der Waals surface area (Å²) in [6.07, 6.45) is 2.77. The van der Waals surface area contributed by atoms with Gasteiger partial charge < -0.3 is 9.40 Å². The standard InChI is InChI=1S/C23H21N3O5S/c1-23(2,3)12-4-6-14-17(10-12)32-21-18(14)20(27)24-19(25-21)15-9-11-8-13(26(29)30)5-7-16(11)31-22(15)28/h5,7-9,12H,4,6,10H2,1-3H3,(H,24,25,27). The Hall–Kier alpha value is -3.33. The minimum absolute atomic E-state index is 0.0657. The van der Waals surface area contributed by atoms with Crippen LogP contribution in [0, 0.1) is 21.4 Å². The summed E-state index contributed by atoms with van der Waals surface area (Å²) in [5.41, 5.74) is 0.480. The third-order valence-corrected chi connectivity index (χ3v) is 7.47. The van der Waals surface area contributed by atoms with Crippen molar-refractivity contribution in [2.45, 2.75) is 40.0 Å². The Morgan fingerprint density at radius 2 is 2.03 bits per heavy atom. The van der Waals surface area contributed by atoms with Crippen LogP contribution in [-0.2, 0) is 12.8 Å². The van der Waals surface area contributed by atoms with Crippen LogP contribution in [0.3, 0.4) is 0 Å². The summed E-state index contributed by atoms with van der Waals surface area (Å²) in [5, 5.41) is 12.1. The predicted molar refractivity (Wildman–Crippen MR) is 123 cm³/mol. The Morgan fingerprint density at radius 1 is 1.25 bits per heavy atom. The van der Waals surface area contributed by atoms with Crippen molar-refractivity contribution < 1.29 is 9.34 Å². The maximum absolute atomic E-state index is 13.0. The maximum Gasteiger partial charge on any atom is 0.347 e. The van der Waals surface area contributed by atoms with Crippen LogP contribution in [0.25, 0.3) is 32.6 Å². The Kier molecular flexibility index (Phi) is 4.56. The average molecular weight is 452 g/mol. The molecule has 1 N–H and O–H groups in total. The van der Waals surface area contributed by atoms with E-state index in [-0.39, 0.29) is 33.6 Å². The number of nitrogens with one attached hydrogen (secondary N) is 1. The number of aryl methyl sites for hydroxylation is 1. The maximum atomic E-state index is 13.0. The minimum atomic E-state index is -0.664. The lowest BCUT2D eigenvalue weighted by Gasteiger charge is -2.33. The third kappa shape index (κ3) is 3.33. The lowest BCUT2D eigenvalue weighted by molar-refractivity contribution is -0.384. The first kappa shape index (κ1) is 20.6. The van der Waals surface area contributed by atoms with Crippen molar-refractivity contribution in [2.75, 3.05) is 0 Å². The molecule has 0 aliphatic heterocycles. The zero-order chi connectivity index (χ0) is 22.8. The van der Waals surface area contributed by atoms with E-state index in [1.54, 1.807) is 0 Å². The smallest absolute Gasteiger partial charge is 0.347 e. The number of aromatic amines is 1. The van der Waals surface area contributed by atoms with E-state index in [1.165, 1.54) is 40.5 Å². The molecule has 3 heterocycles. The van der Waals surface area contributed by atoms with Crippen molar-refractivity contribution in [2.24, 2.45) is 11.3 Å². The summed E-state index contributed by atoms with van der Waals surface area (Å²) in [6.45, 7) is 6.72. The number of rotatable bonds is 2. The van der Waals surface area contributed by atoms with Gasteiger partial charge in [-0.15, -0.1) is 11.3 Å². The van der Waals surface area contributed by atoms with Gasteiger partial charge in [0.25, 0.3) is 11.2 Å². The van der Waals surface area contributed by atoms with E-state index in [4.69, 9.17) is 4.42 Å². The van der Waals surface area contributed by atoms with E-state index < -0.39 is 10.5 Å². The van der Waals surface area contributed by atoms with E-state index in [1.807, 2.05) is 0 Å². The molecule has 1 aromatic carbocycles. The minimum Gasteiger partial charge on any atom is -0.422 e. The number of benzene rings is 1. The summed E-state index contributed by atoms with van der Waals surface area (Å²) >= 11 is 1.51. The van der Waals surface area contributed by atoms with Crippen LogP contribution in [0.1, 0.15) is 37.6 Å². The van der Waals surface area contributed by atoms with Gasteiger partial charge in [-0.2, -0.15) is 0 Å². The Labute approximate surface area is 186 Å². The molecule has 3 aromatic heterocycles. The van der Waals surface area contributed by atoms with E-state index in [9.17, 15) is 19.7 Å². The number of nitrogens with zero attached hydrogens (tertiary/aromatic N) is 2. The van der Waals surface area contributed by atoms with E-state index in [2.05, 4.69) is 30.7 Å². The fourth-order valence-electron chi connectivity index (χ4n) is 4.44. The fraction of sp³-hybridized carbons (Fsp3) is 0.348. The van der Waals surface area contributed by atoms with Gasteiger partial charge in [0.2, 0.25) is 0 Å². The number of aromatic nitrogens is 2. The normalized spacial score (nSPS) is 16.4. The number of fused-ring (bicyclic) bond motifs is 4. The molecule has 1 aliphatic carbocycles. The van der Waals surface area contributed by atoms with Gasteiger partial charge in [0.15, 0.2) is 0 Å². The Morgan fingerprint density at radius 3 is 2.75 bits per heavy atom. The van der Waals surface area contributed by atoms with Crippen LogP contribution >= 0.6 is 11.3 Å². The summed E-state index contributed by atoms with van der Waals surface area (Å²) < 4.78 is 5.33.